The van der Waals surface area contributed by atoms with E-state index in [2.05, 4.69) is 47.6 Å². The maximum Gasteiger partial charge on any atom is 0.106 e. The van der Waals surface area contributed by atoms with E-state index < -0.39 is 0 Å². The Bertz CT molecular complexity index is 706. The molecule has 1 aromatic heterocycles. The van der Waals surface area contributed by atoms with Crippen LogP contribution < -0.4 is 11.1 Å². The second-order valence-corrected chi connectivity index (χ2v) is 5.85. The minimum atomic E-state index is 0.316. The molecule has 0 fully saturated rings. The monoisotopic (exact) mass is 283 g/mol. The van der Waals surface area contributed by atoms with Crippen LogP contribution in [-0.4, -0.2) is 11.0 Å². The van der Waals surface area contributed by atoms with Crippen LogP contribution in [0.5, 0.6) is 0 Å². The lowest BCUT2D eigenvalue weighted by Crippen LogP contribution is -2.18. The number of fused-ring (bicyclic) bond motifs is 1. The molecule has 0 radical (unpaired) electrons. The number of rotatable bonds is 4. The van der Waals surface area contributed by atoms with Crippen LogP contribution in [0.2, 0.25) is 0 Å². The van der Waals surface area contributed by atoms with Gasteiger partial charge in [0.25, 0.3) is 0 Å². The van der Waals surface area contributed by atoms with Gasteiger partial charge in [0.05, 0.1) is 21.6 Å². The van der Waals surface area contributed by atoms with Crippen molar-refractivity contribution in [3.63, 3.8) is 0 Å². The zero-order valence-electron chi connectivity index (χ0n) is 11.3. The average molecular weight is 283 g/mol. The highest BCUT2D eigenvalue weighted by Crippen LogP contribution is 2.30. The van der Waals surface area contributed by atoms with Crippen molar-refractivity contribution < 1.29 is 0 Å². The maximum atomic E-state index is 6.19. The number of nitrogens with one attached hydrogen (secondary N) is 1. The summed E-state index contributed by atoms with van der Waals surface area (Å²) < 4.78 is 1.13. The Labute approximate surface area is 122 Å². The van der Waals surface area contributed by atoms with E-state index in [9.17, 15) is 0 Å². The number of nitrogen functional groups attached to an aromatic ring is 1. The number of benzene rings is 2. The first-order chi connectivity index (χ1) is 9.74. The zero-order chi connectivity index (χ0) is 13.9. The summed E-state index contributed by atoms with van der Waals surface area (Å²) in [5.74, 6) is 0. The first kappa shape index (κ1) is 12.9. The van der Waals surface area contributed by atoms with Crippen LogP contribution >= 0.6 is 11.3 Å². The van der Waals surface area contributed by atoms with Gasteiger partial charge in [0.2, 0.25) is 0 Å². The van der Waals surface area contributed by atoms with E-state index in [0.717, 1.165) is 28.0 Å². The molecular formula is C16H17N3S. The van der Waals surface area contributed by atoms with Crippen LogP contribution in [0.25, 0.3) is 10.2 Å². The Hall–Kier alpha value is -2.07. The van der Waals surface area contributed by atoms with Gasteiger partial charge >= 0.3 is 0 Å². The second kappa shape index (κ2) is 5.51. The lowest BCUT2D eigenvalue weighted by atomic mass is 10.1. The van der Waals surface area contributed by atoms with E-state index in [1.165, 1.54) is 5.56 Å². The van der Waals surface area contributed by atoms with Crippen molar-refractivity contribution in [1.82, 2.24) is 4.98 Å². The molecule has 3 aromatic rings. The van der Waals surface area contributed by atoms with Crippen LogP contribution in [0, 0.1) is 0 Å². The highest BCUT2D eigenvalue weighted by atomic mass is 32.1. The lowest BCUT2D eigenvalue weighted by Gasteiger charge is -2.17. The number of hydrogen-bond donors (Lipinski definition) is 2. The van der Waals surface area contributed by atoms with E-state index in [1.807, 2.05) is 17.6 Å². The van der Waals surface area contributed by atoms with Gasteiger partial charge in [-0.2, -0.15) is 0 Å². The van der Waals surface area contributed by atoms with Crippen molar-refractivity contribution in [2.75, 3.05) is 11.1 Å². The first-order valence-corrected chi connectivity index (χ1v) is 7.54. The van der Waals surface area contributed by atoms with E-state index in [1.54, 1.807) is 11.3 Å². The third-order valence-corrected chi connectivity index (χ3v) is 4.12. The minimum Gasteiger partial charge on any atom is -0.395 e. The van der Waals surface area contributed by atoms with Crippen LogP contribution in [0.1, 0.15) is 12.5 Å². The fourth-order valence-electron chi connectivity index (χ4n) is 2.36. The molecule has 102 valence electrons. The number of hydrogen-bond acceptors (Lipinski definition) is 4. The fourth-order valence-corrected chi connectivity index (χ4v) is 3.05. The van der Waals surface area contributed by atoms with Gasteiger partial charge in [-0.1, -0.05) is 30.3 Å². The quantitative estimate of drug-likeness (QED) is 0.713. The molecule has 2 aromatic carbocycles. The summed E-state index contributed by atoms with van der Waals surface area (Å²) in [6.45, 7) is 2.16. The predicted octanol–water partition coefficient (Wildman–Crippen LogP) is 3.92. The van der Waals surface area contributed by atoms with Gasteiger partial charge in [0.1, 0.15) is 5.52 Å². The zero-order valence-corrected chi connectivity index (χ0v) is 12.2. The molecule has 3 nitrogen and oxygen atoms in total. The molecule has 0 aliphatic carbocycles. The van der Waals surface area contributed by atoms with Gasteiger partial charge in [-0.05, 0) is 31.0 Å². The van der Waals surface area contributed by atoms with Crippen molar-refractivity contribution >= 4 is 32.9 Å². The summed E-state index contributed by atoms with van der Waals surface area (Å²) in [6, 6.07) is 14.9. The summed E-state index contributed by atoms with van der Waals surface area (Å²) in [7, 11) is 0. The second-order valence-electron chi connectivity index (χ2n) is 4.96. The third-order valence-electron chi connectivity index (χ3n) is 3.33. The Morgan fingerprint density at radius 3 is 2.80 bits per heavy atom. The van der Waals surface area contributed by atoms with Crippen molar-refractivity contribution in [3.05, 3.63) is 53.5 Å². The molecule has 0 aliphatic heterocycles. The van der Waals surface area contributed by atoms with E-state index in [4.69, 9.17) is 5.73 Å². The van der Waals surface area contributed by atoms with Gasteiger partial charge in [-0.15, -0.1) is 11.3 Å². The summed E-state index contributed by atoms with van der Waals surface area (Å²) in [5.41, 5.74) is 11.9. The molecule has 1 unspecified atom stereocenters. The van der Waals surface area contributed by atoms with Crippen LogP contribution in [-0.2, 0) is 6.42 Å². The Kier molecular flexibility index (Phi) is 3.56. The average Bonchev–Trinajstić information content (AvgIpc) is 2.92. The Morgan fingerprint density at radius 1 is 1.20 bits per heavy atom. The van der Waals surface area contributed by atoms with Crippen molar-refractivity contribution in [1.29, 1.82) is 0 Å². The third kappa shape index (κ3) is 2.60. The molecule has 0 saturated heterocycles. The molecule has 0 amide bonds. The van der Waals surface area contributed by atoms with Crippen molar-refractivity contribution in [2.45, 2.75) is 19.4 Å². The Morgan fingerprint density at radius 2 is 2.00 bits per heavy atom. The molecule has 0 spiro atoms. The molecule has 1 heterocycles. The fraction of sp³-hybridized carbons (Fsp3) is 0.188. The largest absolute Gasteiger partial charge is 0.395 e. The molecule has 4 heteroatoms. The van der Waals surface area contributed by atoms with E-state index >= 15 is 0 Å². The smallest absolute Gasteiger partial charge is 0.106 e. The summed E-state index contributed by atoms with van der Waals surface area (Å²) in [5, 5.41) is 3.48. The predicted molar refractivity (Wildman–Crippen MR) is 87.3 cm³/mol. The normalized spacial score (nSPS) is 12.4. The number of nitrogens with zero attached hydrogens (tertiary/aromatic N) is 1. The summed E-state index contributed by atoms with van der Waals surface area (Å²) in [4.78, 5) is 4.32. The lowest BCUT2D eigenvalue weighted by molar-refractivity contribution is 0.791. The van der Waals surface area contributed by atoms with Gasteiger partial charge < -0.3 is 11.1 Å². The van der Waals surface area contributed by atoms with Crippen LogP contribution in [0.3, 0.4) is 0 Å². The van der Waals surface area contributed by atoms with Gasteiger partial charge in [0.15, 0.2) is 0 Å². The number of anilines is 2. The molecule has 3 rings (SSSR count). The maximum absolute atomic E-state index is 6.19. The first-order valence-electron chi connectivity index (χ1n) is 6.66. The number of aromatic nitrogens is 1. The summed E-state index contributed by atoms with van der Waals surface area (Å²) >= 11 is 1.61. The summed E-state index contributed by atoms with van der Waals surface area (Å²) in [6.07, 6.45) is 0.968. The number of thiazole rings is 1. The minimum absolute atomic E-state index is 0.316. The Balaban J connectivity index is 1.77. The van der Waals surface area contributed by atoms with Crippen LogP contribution in [0.15, 0.2) is 48.0 Å². The standard InChI is InChI=1S/C16H17N3S/c1-11(9-12-5-3-2-4-6-12)19-13-7-8-14-16(15(13)17)18-10-20-14/h2-8,10-11,19H,9,17H2,1H3. The van der Waals surface area contributed by atoms with E-state index in [-0.39, 0.29) is 0 Å². The van der Waals surface area contributed by atoms with Crippen molar-refractivity contribution in [2.24, 2.45) is 0 Å². The number of nitrogens with two attached hydrogens (primary N) is 1. The van der Waals surface area contributed by atoms with Gasteiger partial charge in [-0.25, -0.2) is 4.98 Å². The van der Waals surface area contributed by atoms with E-state index in [0.29, 0.717) is 6.04 Å². The molecule has 20 heavy (non-hydrogen) atoms. The van der Waals surface area contributed by atoms with Crippen molar-refractivity contribution in [3.8, 4) is 0 Å². The highest BCUT2D eigenvalue weighted by Gasteiger charge is 2.09. The highest BCUT2D eigenvalue weighted by molar-refractivity contribution is 7.16. The van der Waals surface area contributed by atoms with Gasteiger partial charge in [-0.3, -0.25) is 0 Å². The molecule has 3 N–H and O–H groups in total. The molecule has 0 saturated carbocycles. The van der Waals surface area contributed by atoms with Gasteiger partial charge in [0, 0.05) is 6.04 Å². The molecule has 1 atom stereocenters. The molecule has 0 bridgehead atoms. The topological polar surface area (TPSA) is 50.9 Å². The SMILES string of the molecule is CC(Cc1ccccc1)Nc1ccc2scnc2c1N. The molecule has 0 aliphatic rings. The van der Waals surface area contributed by atoms with Crippen LogP contribution in [0.4, 0.5) is 11.4 Å². The molecular weight excluding hydrogens is 266 g/mol.